The summed E-state index contributed by atoms with van der Waals surface area (Å²) in [5.74, 6) is 0.262. The molecule has 0 radical (unpaired) electrons. The van der Waals surface area contributed by atoms with Gasteiger partial charge in [-0.2, -0.15) is 5.10 Å². The molecule has 0 amide bonds. The van der Waals surface area contributed by atoms with E-state index in [2.05, 4.69) is 16.8 Å². The molecule has 1 aromatic rings. The van der Waals surface area contributed by atoms with Gasteiger partial charge in [0.15, 0.2) is 5.78 Å². The number of hydrogen-bond acceptors (Lipinski definition) is 3. The Bertz CT molecular complexity index is 314. The molecule has 0 spiro atoms. The zero-order valence-corrected chi connectivity index (χ0v) is 6.92. The van der Waals surface area contributed by atoms with Crippen LogP contribution in [-0.2, 0) is 6.42 Å². The van der Waals surface area contributed by atoms with E-state index in [0.717, 1.165) is 0 Å². The van der Waals surface area contributed by atoms with Gasteiger partial charge in [-0.15, -0.1) is 6.58 Å². The lowest BCUT2D eigenvalue weighted by atomic mass is 10.1. The second-order valence-corrected chi connectivity index (χ2v) is 2.51. The molecular weight excluding hydrogens is 154 g/mol. The number of carbonyl (C=O) groups excluding carboxylic acids is 1. The van der Waals surface area contributed by atoms with Crippen LogP contribution in [0.2, 0.25) is 0 Å². The second-order valence-electron chi connectivity index (χ2n) is 2.51. The van der Waals surface area contributed by atoms with Gasteiger partial charge in [-0.3, -0.25) is 9.89 Å². The maximum atomic E-state index is 11.0. The Balaban J connectivity index is 3.11. The SMILES string of the molecule is C=CCc1n[nH]c(N)c1C(C)=O. The minimum atomic E-state index is -0.0712. The first-order valence-electron chi connectivity index (χ1n) is 3.61. The third-order valence-corrected chi connectivity index (χ3v) is 1.56. The number of aromatic nitrogens is 2. The number of Topliss-reactive ketones (excluding diaryl/α,β-unsaturated/α-hetero) is 1. The van der Waals surface area contributed by atoms with Crippen molar-refractivity contribution in [2.45, 2.75) is 13.3 Å². The van der Waals surface area contributed by atoms with Crippen LogP contribution in [0, 0.1) is 0 Å². The number of allylic oxidation sites excluding steroid dienone is 1. The summed E-state index contributed by atoms with van der Waals surface area (Å²) < 4.78 is 0. The zero-order valence-electron chi connectivity index (χ0n) is 6.92. The molecule has 0 aromatic carbocycles. The van der Waals surface area contributed by atoms with Gasteiger partial charge in [-0.1, -0.05) is 6.08 Å². The van der Waals surface area contributed by atoms with Gasteiger partial charge in [-0.05, 0) is 6.92 Å². The number of hydrogen-bond donors (Lipinski definition) is 2. The first-order valence-corrected chi connectivity index (χ1v) is 3.61. The molecule has 0 bridgehead atoms. The number of nitrogens with zero attached hydrogens (tertiary/aromatic N) is 1. The van der Waals surface area contributed by atoms with E-state index in [1.807, 2.05) is 0 Å². The normalized spacial score (nSPS) is 9.75. The van der Waals surface area contributed by atoms with Crippen LogP contribution in [-0.4, -0.2) is 16.0 Å². The van der Waals surface area contributed by atoms with Crippen LogP contribution < -0.4 is 5.73 Å². The van der Waals surface area contributed by atoms with Crippen LogP contribution in [0.15, 0.2) is 12.7 Å². The van der Waals surface area contributed by atoms with Crippen LogP contribution in [0.4, 0.5) is 5.82 Å². The van der Waals surface area contributed by atoms with Crippen molar-refractivity contribution in [3.8, 4) is 0 Å². The Morgan fingerprint density at radius 3 is 3.00 bits per heavy atom. The van der Waals surface area contributed by atoms with Crippen LogP contribution >= 0.6 is 0 Å². The van der Waals surface area contributed by atoms with E-state index >= 15 is 0 Å². The lowest BCUT2D eigenvalue weighted by molar-refractivity contribution is 0.101. The summed E-state index contributed by atoms with van der Waals surface area (Å²) in [6.45, 7) is 5.03. The van der Waals surface area contributed by atoms with Crippen molar-refractivity contribution in [1.29, 1.82) is 0 Å². The largest absolute Gasteiger partial charge is 0.383 e. The number of carbonyl (C=O) groups is 1. The Morgan fingerprint density at radius 1 is 1.83 bits per heavy atom. The highest BCUT2D eigenvalue weighted by Crippen LogP contribution is 2.14. The monoisotopic (exact) mass is 165 g/mol. The molecule has 1 rings (SSSR count). The number of nitrogens with one attached hydrogen (secondary N) is 1. The number of H-pyrrole nitrogens is 1. The molecule has 4 nitrogen and oxygen atoms in total. The summed E-state index contributed by atoms with van der Waals surface area (Å²) in [6.07, 6.45) is 2.24. The zero-order chi connectivity index (χ0) is 9.14. The first-order chi connectivity index (χ1) is 5.66. The lowest BCUT2D eigenvalue weighted by Crippen LogP contribution is -2.00. The average molecular weight is 165 g/mol. The molecule has 3 N–H and O–H groups in total. The Morgan fingerprint density at radius 2 is 2.50 bits per heavy atom. The molecular formula is C8H11N3O. The van der Waals surface area contributed by atoms with Crippen LogP contribution in [0.5, 0.6) is 0 Å². The highest BCUT2D eigenvalue weighted by Gasteiger charge is 2.13. The molecule has 1 heterocycles. The molecule has 0 aliphatic heterocycles. The molecule has 0 atom stereocenters. The van der Waals surface area contributed by atoms with Gasteiger partial charge in [0.05, 0.1) is 11.3 Å². The van der Waals surface area contributed by atoms with E-state index in [0.29, 0.717) is 23.5 Å². The van der Waals surface area contributed by atoms with Gasteiger partial charge in [0.2, 0.25) is 0 Å². The summed E-state index contributed by atoms with van der Waals surface area (Å²) in [5, 5.41) is 6.45. The Labute approximate surface area is 70.5 Å². The van der Waals surface area contributed by atoms with Crippen molar-refractivity contribution in [3.63, 3.8) is 0 Å². The fourth-order valence-electron chi connectivity index (χ4n) is 1.07. The van der Waals surface area contributed by atoms with E-state index in [9.17, 15) is 4.79 Å². The standard InChI is InChI=1S/C8H11N3O/c1-3-4-6-7(5(2)12)8(9)11-10-6/h3H,1,4H2,2H3,(H3,9,10,11). The molecule has 0 saturated carbocycles. The second kappa shape index (κ2) is 3.21. The molecule has 0 saturated heterocycles. The number of aromatic amines is 1. The van der Waals surface area contributed by atoms with Crippen molar-refractivity contribution < 1.29 is 4.79 Å². The molecule has 64 valence electrons. The fourth-order valence-corrected chi connectivity index (χ4v) is 1.07. The highest BCUT2D eigenvalue weighted by molar-refractivity contribution is 5.99. The number of anilines is 1. The molecule has 0 fully saturated rings. The van der Waals surface area contributed by atoms with Crippen LogP contribution in [0.3, 0.4) is 0 Å². The number of nitrogen functional groups attached to an aromatic ring is 1. The molecule has 0 aliphatic carbocycles. The van der Waals surface area contributed by atoms with Crippen molar-refractivity contribution in [1.82, 2.24) is 10.2 Å². The molecule has 4 heteroatoms. The summed E-state index contributed by atoms with van der Waals surface area (Å²) in [7, 11) is 0. The van der Waals surface area contributed by atoms with E-state index in [1.165, 1.54) is 6.92 Å². The van der Waals surface area contributed by atoms with Gasteiger partial charge < -0.3 is 5.73 Å². The van der Waals surface area contributed by atoms with Crippen LogP contribution in [0.25, 0.3) is 0 Å². The third-order valence-electron chi connectivity index (χ3n) is 1.56. The molecule has 0 unspecified atom stereocenters. The van der Waals surface area contributed by atoms with Gasteiger partial charge in [0.25, 0.3) is 0 Å². The average Bonchev–Trinajstić information content (AvgIpc) is 2.32. The maximum Gasteiger partial charge on any atom is 0.165 e. The predicted molar refractivity (Wildman–Crippen MR) is 46.9 cm³/mol. The van der Waals surface area contributed by atoms with E-state index in [1.54, 1.807) is 6.08 Å². The number of rotatable bonds is 3. The van der Waals surface area contributed by atoms with E-state index in [-0.39, 0.29) is 5.78 Å². The Hall–Kier alpha value is -1.58. The predicted octanol–water partition coefficient (Wildman–Crippen LogP) is 0.923. The molecule has 1 aromatic heterocycles. The first kappa shape index (κ1) is 8.52. The quantitative estimate of drug-likeness (QED) is 0.516. The molecule has 0 aliphatic rings. The number of ketones is 1. The summed E-state index contributed by atoms with van der Waals surface area (Å²) in [4.78, 5) is 11.0. The maximum absolute atomic E-state index is 11.0. The lowest BCUT2D eigenvalue weighted by Gasteiger charge is -1.94. The van der Waals surface area contributed by atoms with Crippen molar-refractivity contribution in [2.75, 3.05) is 5.73 Å². The number of nitrogens with two attached hydrogens (primary N) is 1. The summed E-state index contributed by atoms with van der Waals surface area (Å²) in [6, 6.07) is 0. The van der Waals surface area contributed by atoms with E-state index < -0.39 is 0 Å². The minimum Gasteiger partial charge on any atom is -0.383 e. The molecule has 12 heavy (non-hydrogen) atoms. The Kier molecular flexibility index (Phi) is 2.28. The van der Waals surface area contributed by atoms with E-state index in [4.69, 9.17) is 5.73 Å². The highest BCUT2D eigenvalue weighted by atomic mass is 16.1. The van der Waals surface area contributed by atoms with Gasteiger partial charge in [-0.25, -0.2) is 0 Å². The fraction of sp³-hybridized carbons (Fsp3) is 0.250. The third kappa shape index (κ3) is 1.37. The van der Waals surface area contributed by atoms with Crippen molar-refractivity contribution in [3.05, 3.63) is 23.9 Å². The topological polar surface area (TPSA) is 71.8 Å². The van der Waals surface area contributed by atoms with Gasteiger partial charge in [0, 0.05) is 6.42 Å². The van der Waals surface area contributed by atoms with Crippen molar-refractivity contribution >= 4 is 11.6 Å². The van der Waals surface area contributed by atoms with Crippen molar-refractivity contribution in [2.24, 2.45) is 0 Å². The van der Waals surface area contributed by atoms with Crippen LogP contribution in [0.1, 0.15) is 23.0 Å². The van der Waals surface area contributed by atoms with Gasteiger partial charge >= 0.3 is 0 Å². The minimum absolute atomic E-state index is 0.0712. The smallest absolute Gasteiger partial charge is 0.165 e. The summed E-state index contributed by atoms with van der Waals surface area (Å²) >= 11 is 0. The summed E-state index contributed by atoms with van der Waals surface area (Å²) in [5.41, 5.74) is 6.64. The van der Waals surface area contributed by atoms with Gasteiger partial charge in [0.1, 0.15) is 5.82 Å².